The maximum Gasteiger partial charge on any atom is 0.416 e. The third kappa shape index (κ3) is 3.80. The number of benzene rings is 2. The van der Waals surface area contributed by atoms with E-state index in [0.717, 1.165) is 37.2 Å². The Labute approximate surface area is 150 Å². The molecule has 0 aromatic heterocycles. The van der Waals surface area contributed by atoms with E-state index in [0.29, 0.717) is 23.9 Å². The van der Waals surface area contributed by atoms with Crippen LogP contribution in [0.25, 0.3) is 0 Å². The van der Waals surface area contributed by atoms with Crippen LogP contribution in [0.1, 0.15) is 24.8 Å². The van der Waals surface area contributed by atoms with Crippen molar-refractivity contribution in [1.29, 1.82) is 0 Å². The molecule has 26 heavy (non-hydrogen) atoms. The van der Waals surface area contributed by atoms with Crippen molar-refractivity contribution < 1.29 is 22.6 Å². The Balaban J connectivity index is 1.34. The fourth-order valence-corrected chi connectivity index (χ4v) is 3.72. The summed E-state index contributed by atoms with van der Waals surface area (Å²) in [5, 5.41) is 3.41. The van der Waals surface area contributed by atoms with E-state index in [2.05, 4.69) is 5.32 Å². The molecular formula is C20H20F3NO2. The van der Waals surface area contributed by atoms with Gasteiger partial charge in [-0.1, -0.05) is 6.07 Å². The first-order valence-electron chi connectivity index (χ1n) is 8.82. The van der Waals surface area contributed by atoms with Crippen molar-refractivity contribution in [3.05, 3.63) is 54.1 Å². The molecular weight excluding hydrogens is 343 g/mol. The molecule has 6 heteroatoms. The molecule has 2 heterocycles. The van der Waals surface area contributed by atoms with E-state index >= 15 is 0 Å². The van der Waals surface area contributed by atoms with E-state index in [1.165, 1.54) is 18.6 Å². The van der Waals surface area contributed by atoms with Gasteiger partial charge in [-0.2, -0.15) is 13.2 Å². The van der Waals surface area contributed by atoms with Gasteiger partial charge in [0.05, 0.1) is 17.8 Å². The number of anilines is 1. The van der Waals surface area contributed by atoms with E-state index in [9.17, 15) is 13.2 Å². The molecule has 0 aliphatic carbocycles. The minimum atomic E-state index is -4.38. The van der Waals surface area contributed by atoms with Crippen LogP contribution in [0.5, 0.6) is 11.5 Å². The molecule has 0 saturated carbocycles. The molecule has 0 spiro atoms. The minimum Gasteiger partial charge on any atom is -0.457 e. The molecule has 2 aromatic carbocycles. The summed E-state index contributed by atoms with van der Waals surface area (Å²) in [5.74, 6) is 1.22. The van der Waals surface area contributed by atoms with Crippen molar-refractivity contribution in [3.63, 3.8) is 0 Å². The molecule has 2 saturated heterocycles. The molecule has 3 atom stereocenters. The molecule has 2 fully saturated rings. The maximum absolute atomic E-state index is 12.8. The highest BCUT2D eigenvalue weighted by Gasteiger charge is 2.40. The van der Waals surface area contributed by atoms with Gasteiger partial charge in [-0.3, -0.25) is 0 Å². The van der Waals surface area contributed by atoms with Crippen LogP contribution >= 0.6 is 0 Å². The fourth-order valence-electron chi connectivity index (χ4n) is 3.72. The first kappa shape index (κ1) is 17.2. The summed E-state index contributed by atoms with van der Waals surface area (Å²) in [5.41, 5.74) is 0.241. The number of nitrogens with one attached hydrogen (secondary N) is 1. The van der Waals surface area contributed by atoms with Gasteiger partial charge in [0.2, 0.25) is 0 Å². The topological polar surface area (TPSA) is 30.5 Å². The Morgan fingerprint density at radius 2 is 1.85 bits per heavy atom. The lowest BCUT2D eigenvalue weighted by Gasteiger charge is -2.19. The average molecular weight is 363 g/mol. The van der Waals surface area contributed by atoms with Crippen LogP contribution < -0.4 is 10.1 Å². The second kappa shape index (κ2) is 6.83. The van der Waals surface area contributed by atoms with Crippen LogP contribution in [-0.2, 0) is 10.9 Å². The lowest BCUT2D eigenvalue weighted by atomic mass is 9.89. The quantitative estimate of drug-likeness (QED) is 0.763. The average Bonchev–Trinajstić information content (AvgIpc) is 3.24. The number of hydrogen-bond acceptors (Lipinski definition) is 3. The molecule has 3 nitrogen and oxygen atoms in total. The van der Waals surface area contributed by atoms with Crippen molar-refractivity contribution in [2.24, 2.45) is 5.92 Å². The zero-order valence-electron chi connectivity index (χ0n) is 14.1. The van der Waals surface area contributed by atoms with E-state index in [1.807, 2.05) is 12.1 Å². The first-order valence-corrected chi connectivity index (χ1v) is 8.82. The molecule has 2 aliphatic heterocycles. The summed E-state index contributed by atoms with van der Waals surface area (Å²) < 4.78 is 49.7. The van der Waals surface area contributed by atoms with Crippen LogP contribution in [0.4, 0.5) is 18.9 Å². The normalized spacial score (nSPS) is 24.7. The third-order valence-electron chi connectivity index (χ3n) is 5.05. The maximum atomic E-state index is 12.8. The van der Waals surface area contributed by atoms with E-state index in [-0.39, 0.29) is 5.75 Å². The highest BCUT2D eigenvalue weighted by molar-refractivity contribution is 5.47. The Hall–Kier alpha value is -2.21. The predicted molar refractivity (Wildman–Crippen MR) is 92.5 cm³/mol. The highest BCUT2D eigenvalue weighted by atomic mass is 19.4. The smallest absolute Gasteiger partial charge is 0.416 e. The lowest BCUT2D eigenvalue weighted by Crippen LogP contribution is -2.24. The first-order chi connectivity index (χ1) is 12.5. The van der Waals surface area contributed by atoms with Crippen LogP contribution in [0.2, 0.25) is 0 Å². The zero-order valence-corrected chi connectivity index (χ0v) is 14.1. The molecule has 138 valence electrons. The number of fused-ring (bicyclic) bond motifs is 2. The summed E-state index contributed by atoms with van der Waals surface area (Å²) in [6.45, 7) is 0.870. The van der Waals surface area contributed by atoms with Gasteiger partial charge in [-0.25, -0.2) is 0 Å². The Morgan fingerprint density at radius 1 is 1.04 bits per heavy atom. The van der Waals surface area contributed by atoms with Crippen molar-refractivity contribution in [2.75, 3.05) is 11.9 Å². The molecule has 3 unspecified atom stereocenters. The molecule has 0 amide bonds. The third-order valence-corrected chi connectivity index (χ3v) is 5.05. The summed E-state index contributed by atoms with van der Waals surface area (Å²) >= 11 is 0. The SMILES string of the molecule is FC(F)(F)c1cccc(Oc2ccc(NCC3CC4CCC3O4)cc2)c1. The van der Waals surface area contributed by atoms with Crippen LogP contribution in [0, 0.1) is 5.92 Å². The standard InChI is InChI=1S/C20H20F3NO2/c21-20(22,23)14-2-1-3-17(11-14)25-16-6-4-15(5-7-16)24-12-13-10-18-8-9-19(13)26-18/h1-7,11,13,18-19,24H,8-10,12H2. The Kier molecular flexibility index (Phi) is 4.53. The molecule has 2 bridgehead atoms. The number of alkyl halides is 3. The second-order valence-electron chi connectivity index (χ2n) is 6.90. The van der Waals surface area contributed by atoms with Gasteiger partial charge in [-0.05, 0) is 61.7 Å². The van der Waals surface area contributed by atoms with Gasteiger partial charge in [0.15, 0.2) is 0 Å². The van der Waals surface area contributed by atoms with Gasteiger partial charge >= 0.3 is 6.18 Å². The van der Waals surface area contributed by atoms with E-state index in [4.69, 9.17) is 9.47 Å². The highest BCUT2D eigenvalue weighted by Crippen LogP contribution is 2.39. The summed E-state index contributed by atoms with van der Waals surface area (Å²) in [6.07, 6.45) is -0.0971. The number of halogens is 3. The number of hydrogen-bond donors (Lipinski definition) is 1. The van der Waals surface area contributed by atoms with Crippen LogP contribution in [-0.4, -0.2) is 18.8 Å². The van der Waals surface area contributed by atoms with Crippen molar-refractivity contribution >= 4 is 5.69 Å². The fraction of sp³-hybridized carbons (Fsp3) is 0.400. The largest absolute Gasteiger partial charge is 0.457 e. The monoisotopic (exact) mass is 363 g/mol. The molecule has 2 aliphatic rings. The van der Waals surface area contributed by atoms with Gasteiger partial charge in [0, 0.05) is 18.2 Å². The molecule has 1 N–H and O–H groups in total. The molecule has 0 radical (unpaired) electrons. The zero-order chi connectivity index (χ0) is 18.1. The number of ether oxygens (including phenoxy) is 2. The summed E-state index contributed by atoms with van der Waals surface area (Å²) in [4.78, 5) is 0. The predicted octanol–water partition coefficient (Wildman–Crippen LogP) is 5.48. The van der Waals surface area contributed by atoms with Crippen molar-refractivity contribution in [1.82, 2.24) is 0 Å². The van der Waals surface area contributed by atoms with Crippen LogP contribution in [0.3, 0.4) is 0 Å². The molecule has 4 rings (SSSR count). The van der Waals surface area contributed by atoms with Gasteiger partial charge < -0.3 is 14.8 Å². The van der Waals surface area contributed by atoms with Gasteiger partial charge in [0.25, 0.3) is 0 Å². The van der Waals surface area contributed by atoms with Crippen molar-refractivity contribution in [2.45, 2.75) is 37.6 Å². The van der Waals surface area contributed by atoms with E-state index in [1.54, 1.807) is 12.1 Å². The van der Waals surface area contributed by atoms with Crippen LogP contribution in [0.15, 0.2) is 48.5 Å². The number of rotatable bonds is 5. The Bertz CT molecular complexity index is 760. The van der Waals surface area contributed by atoms with Crippen molar-refractivity contribution in [3.8, 4) is 11.5 Å². The second-order valence-corrected chi connectivity index (χ2v) is 6.90. The Morgan fingerprint density at radius 3 is 2.50 bits per heavy atom. The summed E-state index contributed by atoms with van der Waals surface area (Å²) in [6, 6.07) is 12.1. The van der Waals surface area contributed by atoms with Gasteiger partial charge in [0.1, 0.15) is 11.5 Å². The lowest BCUT2D eigenvalue weighted by molar-refractivity contribution is -0.137. The van der Waals surface area contributed by atoms with E-state index < -0.39 is 11.7 Å². The summed E-state index contributed by atoms with van der Waals surface area (Å²) in [7, 11) is 0. The van der Waals surface area contributed by atoms with Gasteiger partial charge in [-0.15, -0.1) is 0 Å². The minimum absolute atomic E-state index is 0.166. The molecule has 2 aromatic rings.